The number of nitrogens with one attached hydrogen (secondary N) is 1. The van der Waals surface area contributed by atoms with Crippen molar-refractivity contribution in [1.82, 2.24) is 19.5 Å². The largest absolute Gasteiger partial charge is 0.282 e. The fraction of sp³-hybridized carbons (Fsp3) is 0.429. The summed E-state index contributed by atoms with van der Waals surface area (Å²) in [5.41, 5.74) is 2.13. The molecule has 7 heteroatoms. The summed E-state index contributed by atoms with van der Waals surface area (Å²) in [5.74, 6) is 0.174. The molecule has 0 radical (unpaired) electrons. The number of nitrogens with zero attached hydrogens (tertiary/aromatic N) is 3. The molecule has 1 fully saturated rings. The molecular weight excluding hydrogens is 288 g/mol. The maximum atomic E-state index is 12.6. The first kappa shape index (κ1) is 14.2. The molecule has 1 aliphatic rings. The number of H-pyrrole nitrogens is 1. The molecule has 3 heterocycles. The summed E-state index contributed by atoms with van der Waals surface area (Å²) in [4.78, 5) is 4.16. The molecule has 3 rings (SSSR count). The summed E-state index contributed by atoms with van der Waals surface area (Å²) < 4.78 is 26.8. The van der Waals surface area contributed by atoms with Crippen LogP contribution in [0, 0.1) is 6.92 Å². The lowest BCUT2D eigenvalue weighted by atomic mass is 9.94. The summed E-state index contributed by atoms with van der Waals surface area (Å²) in [6, 6.07) is 3.24. The van der Waals surface area contributed by atoms with Gasteiger partial charge in [0.1, 0.15) is 4.90 Å². The molecule has 112 valence electrons. The zero-order valence-corrected chi connectivity index (χ0v) is 12.7. The molecule has 0 unspecified atom stereocenters. The first-order chi connectivity index (χ1) is 10.1. The molecule has 0 bridgehead atoms. The van der Waals surface area contributed by atoms with E-state index < -0.39 is 10.0 Å². The van der Waals surface area contributed by atoms with E-state index in [0.29, 0.717) is 13.1 Å². The number of pyridine rings is 1. The fourth-order valence-electron chi connectivity index (χ4n) is 2.81. The second-order valence-corrected chi connectivity index (χ2v) is 7.30. The van der Waals surface area contributed by atoms with Gasteiger partial charge in [-0.1, -0.05) is 0 Å². The maximum absolute atomic E-state index is 12.6. The van der Waals surface area contributed by atoms with E-state index in [-0.39, 0.29) is 10.8 Å². The van der Waals surface area contributed by atoms with Gasteiger partial charge in [0.25, 0.3) is 0 Å². The first-order valence-electron chi connectivity index (χ1n) is 6.99. The van der Waals surface area contributed by atoms with E-state index in [0.717, 1.165) is 24.1 Å². The third kappa shape index (κ3) is 2.71. The van der Waals surface area contributed by atoms with Crippen LogP contribution in [0.5, 0.6) is 0 Å². The third-order valence-corrected chi connectivity index (χ3v) is 5.78. The van der Waals surface area contributed by atoms with Crippen LogP contribution >= 0.6 is 0 Å². The third-order valence-electron chi connectivity index (χ3n) is 3.93. The summed E-state index contributed by atoms with van der Waals surface area (Å²) >= 11 is 0. The summed E-state index contributed by atoms with van der Waals surface area (Å²) in [7, 11) is -3.46. The monoisotopic (exact) mass is 306 g/mol. The van der Waals surface area contributed by atoms with Crippen molar-refractivity contribution in [3.05, 3.63) is 42.0 Å². The van der Waals surface area contributed by atoms with Gasteiger partial charge in [-0.15, -0.1) is 0 Å². The average molecular weight is 306 g/mol. The fourth-order valence-corrected chi connectivity index (χ4v) is 4.30. The maximum Gasteiger partial charge on any atom is 0.244 e. The van der Waals surface area contributed by atoms with Gasteiger partial charge in [-0.05, 0) is 37.5 Å². The number of hydrogen-bond donors (Lipinski definition) is 1. The Morgan fingerprint density at radius 1 is 1.38 bits per heavy atom. The van der Waals surface area contributed by atoms with Crippen LogP contribution in [0.25, 0.3) is 0 Å². The number of aromatic nitrogens is 3. The molecule has 1 aliphatic heterocycles. The minimum absolute atomic E-state index is 0.174. The smallest absolute Gasteiger partial charge is 0.244 e. The molecule has 2 aromatic rings. The molecule has 0 amide bonds. The van der Waals surface area contributed by atoms with Gasteiger partial charge in [-0.2, -0.15) is 9.40 Å². The molecule has 2 aromatic heterocycles. The van der Waals surface area contributed by atoms with Gasteiger partial charge in [0.15, 0.2) is 0 Å². The Morgan fingerprint density at radius 3 is 2.90 bits per heavy atom. The van der Waals surface area contributed by atoms with Gasteiger partial charge in [-0.3, -0.25) is 10.1 Å². The van der Waals surface area contributed by atoms with E-state index in [2.05, 4.69) is 15.2 Å². The van der Waals surface area contributed by atoms with E-state index in [1.807, 2.05) is 6.92 Å². The number of sulfonamides is 1. The van der Waals surface area contributed by atoms with Crippen molar-refractivity contribution in [3.8, 4) is 0 Å². The highest BCUT2D eigenvalue weighted by Gasteiger charge is 2.32. The van der Waals surface area contributed by atoms with Crippen LogP contribution < -0.4 is 0 Å². The highest BCUT2D eigenvalue weighted by molar-refractivity contribution is 7.89. The van der Waals surface area contributed by atoms with Gasteiger partial charge < -0.3 is 0 Å². The molecule has 1 atom stereocenters. The average Bonchev–Trinajstić information content (AvgIpc) is 2.94. The van der Waals surface area contributed by atoms with Crippen molar-refractivity contribution in [1.29, 1.82) is 0 Å². The number of piperidine rings is 1. The van der Waals surface area contributed by atoms with Crippen molar-refractivity contribution >= 4 is 10.0 Å². The van der Waals surface area contributed by atoms with E-state index in [1.165, 1.54) is 6.20 Å². The Morgan fingerprint density at radius 2 is 2.24 bits per heavy atom. The second-order valence-electron chi connectivity index (χ2n) is 5.36. The number of aromatic amines is 1. The van der Waals surface area contributed by atoms with E-state index in [9.17, 15) is 8.42 Å². The highest BCUT2D eigenvalue weighted by atomic mass is 32.2. The Bertz CT molecular complexity index is 712. The van der Waals surface area contributed by atoms with Crippen molar-refractivity contribution in [2.24, 2.45) is 0 Å². The topological polar surface area (TPSA) is 79.0 Å². The number of rotatable bonds is 3. The quantitative estimate of drug-likeness (QED) is 0.935. The summed E-state index contributed by atoms with van der Waals surface area (Å²) in [5, 5.41) is 7.04. The van der Waals surface area contributed by atoms with E-state index in [1.54, 1.807) is 28.8 Å². The van der Waals surface area contributed by atoms with Crippen LogP contribution in [0.2, 0.25) is 0 Å². The molecular formula is C14H18N4O2S. The minimum atomic E-state index is -3.46. The molecule has 0 saturated carbocycles. The molecule has 0 aliphatic carbocycles. The lowest BCUT2D eigenvalue weighted by molar-refractivity contribution is 0.312. The Hall–Kier alpha value is -1.73. The van der Waals surface area contributed by atoms with Gasteiger partial charge >= 0.3 is 0 Å². The van der Waals surface area contributed by atoms with E-state index in [4.69, 9.17) is 0 Å². The van der Waals surface area contributed by atoms with Crippen molar-refractivity contribution in [3.63, 3.8) is 0 Å². The van der Waals surface area contributed by atoms with Gasteiger partial charge in [0.2, 0.25) is 10.0 Å². The standard InChI is InChI=1S/C14H18N4O2S/c1-11-8-16-17-14(11)12-4-3-7-18(10-12)21(19,20)13-5-2-6-15-9-13/h2,5-6,8-9,12H,3-4,7,10H2,1H3,(H,16,17)/t12-/m0/s1. The zero-order valence-electron chi connectivity index (χ0n) is 11.9. The van der Waals surface area contributed by atoms with Gasteiger partial charge in [0, 0.05) is 37.1 Å². The lowest BCUT2D eigenvalue weighted by Gasteiger charge is -2.31. The SMILES string of the molecule is Cc1cn[nH]c1[C@H]1CCCN(S(=O)(=O)c2cccnc2)C1. The second kappa shape index (κ2) is 5.57. The Balaban J connectivity index is 1.85. The minimum Gasteiger partial charge on any atom is -0.282 e. The molecule has 1 N–H and O–H groups in total. The summed E-state index contributed by atoms with van der Waals surface area (Å²) in [6.45, 7) is 3.04. The van der Waals surface area contributed by atoms with Crippen LogP contribution in [0.1, 0.15) is 30.0 Å². The van der Waals surface area contributed by atoms with Crippen molar-refractivity contribution < 1.29 is 8.42 Å². The first-order valence-corrected chi connectivity index (χ1v) is 8.43. The number of aryl methyl sites for hydroxylation is 1. The summed E-state index contributed by atoms with van der Waals surface area (Å²) in [6.07, 6.45) is 6.58. The van der Waals surface area contributed by atoms with Crippen LogP contribution in [-0.2, 0) is 10.0 Å². The predicted octanol–water partition coefficient (Wildman–Crippen LogP) is 1.68. The zero-order chi connectivity index (χ0) is 14.9. The van der Waals surface area contributed by atoms with Gasteiger partial charge in [-0.25, -0.2) is 8.42 Å². The van der Waals surface area contributed by atoms with Crippen LogP contribution in [0.15, 0.2) is 35.6 Å². The molecule has 0 aromatic carbocycles. The highest BCUT2D eigenvalue weighted by Crippen LogP contribution is 2.30. The van der Waals surface area contributed by atoms with Gasteiger partial charge in [0.05, 0.1) is 6.20 Å². The molecule has 21 heavy (non-hydrogen) atoms. The van der Waals surface area contributed by atoms with Crippen molar-refractivity contribution in [2.45, 2.75) is 30.6 Å². The normalized spacial score (nSPS) is 20.5. The lowest BCUT2D eigenvalue weighted by Crippen LogP contribution is -2.39. The van der Waals surface area contributed by atoms with Crippen LogP contribution in [0.3, 0.4) is 0 Å². The predicted molar refractivity (Wildman–Crippen MR) is 78.3 cm³/mol. The molecule has 0 spiro atoms. The molecule has 6 nitrogen and oxygen atoms in total. The van der Waals surface area contributed by atoms with Crippen molar-refractivity contribution in [2.75, 3.05) is 13.1 Å². The number of hydrogen-bond acceptors (Lipinski definition) is 4. The Labute approximate surface area is 124 Å². The van der Waals surface area contributed by atoms with Crippen LogP contribution in [0.4, 0.5) is 0 Å². The van der Waals surface area contributed by atoms with E-state index >= 15 is 0 Å². The Kier molecular flexibility index (Phi) is 3.77. The van der Waals surface area contributed by atoms with Crippen LogP contribution in [-0.4, -0.2) is 41.0 Å². The molecule has 1 saturated heterocycles.